The zero-order valence-corrected chi connectivity index (χ0v) is 11.2. The molecule has 0 N–H and O–H groups in total. The minimum Gasteiger partial charge on any atom is -0.378 e. The standard InChI is InChI=1S/C16H17NO2/c1-3-17(4-2)11-7-10-14-15(18)12-8-5-6-9-13(12)16(14)19/h5-11H,3-4H2,1-2H3. The van der Waals surface area contributed by atoms with Gasteiger partial charge in [-0.05, 0) is 32.2 Å². The molecule has 3 nitrogen and oxygen atoms in total. The molecule has 1 aromatic rings. The topological polar surface area (TPSA) is 37.4 Å². The van der Waals surface area contributed by atoms with E-state index in [2.05, 4.69) is 18.7 Å². The van der Waals surface area contributed by atoms with E-state index < -0.39 is 0 Å². The lowest BCUT2D eigenvalue weighted by molar-refractivity contribution is 0.0989. The molecule has 0 radical (unpaired) electrons. The third kappa shape index (κ3) is 2.50. The smallest absolute Gasteiger partial charge is 0.197 e. The van der Waals surface area contributed by atoms with Gasteiger partial charge in [-0.3, -0.25) is 9.59 Å². The largest absolute Gasteiger partial charge is 0.378 e. The number of fused-ring (bicyclic) bond motifs is 1. The average Bonchev–Trinajstić information content (AvgIpc) is 2.69. The molecule has 0 heterocycles. The minimum absolute atomic E-state index is 0.176. The van der Waals surface area contributed by atoms with Crippen molar-refractivity contribution in [2.24, 2.45) is 0 Å². The van der Waals surface area contributed by atoms with Crippen LogP contribution in [-0.4, -0.2) is 29.6 Å². The molecule has 3 heteroatoms. The first-order chi connectivity index (χ1) is 9.19. The van der Waals surface area contributed by atoms with Gasteiger partial charge in [0.25, 0.3) is 0 Å². The van der Waals surface area contributed by atoms with Crippen LogP contribution < -0.4 is 0 Å². The number of ketones is 2. The highest BCUT2D eigenvalue weighted by Gasteiger charge is 2.31. The molecule has 0 fully saturated rings. The summed E-state index contributed by atoms with van der Waals surface area (Å²) in [5.41, 5.74) is 1.27. The van der Waals surface area contributed by atoms with Crippen molar-refractivity contribution in [3.63, 3.8) is 0 Å². The molecule has 0 aliphatic heterocycles. The van der Waals surface area contributed by atoms with Crippen molar-refractivity contribution in [2.45, 2.75) is 13.8 Å². The molecule has 1 aromatic carbocycles. The predicted octanol–water partition coefficient (Wildman–Crippen LogP) is 2.85. The van der Waals surface area contributed by atoms with Crippen LogP contribution in [0, 0.1) is 0 Å². The number of benzene rings is 1. The number of carbonyl (C=O) groups is 2. The van der Waals surface area contributed by atoms with Crippen LogP contribution in [0.1, 0.15) is 34.6 Å². The Morgan fingerprint density at radius 1 is 1.00 bits per heavy atom. The zero-order chi connectivity index (χ0) is 13.8. The summed E-state index contributed by atoms with van der Waals surface area (Å²) in [4.78, 5) is 26.3. The highest BCUT2D eigenvalue weighted by atomic mass is 16.2. The first-order valence-electron chi connectivity index (χ1n) is 6.50. The SMILES string of the molecule is CCN(C=CC=C1C(=O)c2ccccc2C1=O)CC. The van der Waals surface area contributed by atoms with Gasteiger partial charge in [0, 0.05) is 24.2 Å². The molecular formula is C16H17NO2. The first kappa shape index (κ1) is 13.3. The monoisotopic (exact) mass is 255 g/mol. The molecule has 19 heavy (non-hydrogen) atoms. The third-order valence-corrected chi connectivity index (χ3v) is 3.28. The second kappa shape index (κ2) is 5.65. The fourth-order valence-electron chi connectivity index (χ4n) is 2.12. The van der Waals surface area contributed by atoms with E-state index >= 15 is 0 Å². The minimum atomic E-state index is -0.176. The zero-order valence-electron chi connectivity index (χ0n) is 11.2. The Bertz CT molecular complexity index is 529. The highest BCUT2D eigenvalue weighted by molar-refractivity contribution is 6.39. The Morgan fingerprint density at radius 3 is 2.00 bits per heavy atom. The number of rotatable bonds is 4. The van der Waals surface area contributed by atoms with Crippen LogP contribution in [0.3, 0.4) is 0 Å². The number of carbonyl (C=O) groups excluding carboxylic acids is 2. The van der Waals surface area contributed by atoms with Crippen molar-refractivity contribution in [3.8, 4) is 0 Å². The van der Waals surface area contributed by atoms with Crippen LogP contribution in [0.25, 0.3) is 0 Å². The summed E-state index contributed by atoms with van der Waals surface area (Å²) < 4.78 is 0. The molecule has 1 aliphatic carbocycles. The van der Waals surface area contributed by atoms with Crippen molar-refractivity contribution in [2.75, 3.05) is 13.1 Å². The number of Topliss-reactive ketones (excluding diaryl/α,β-unsaturated/α-hetero) is 2. The molecule has 0 bridgehead atoms. The lowest BCUT2D eigenvalue weighted by atomic mass is 10.1. The summed E-state index contributed by atoms with van der Waals surface area (Å²) in [6.07, 6.45) is 5.28. The van der Waals surface area contributed by atoms with E-state index in [0.29, 0.717) is 11.1 Å². The van der Waals surface area contributed by atoms with Crippen LogP contribution in [0.5, 0.6) is 0 Å². The fraction of sp³-hybridized carbons (Fsp3) is 0.250. The normalized spacial score (nSPS) is 14.1. The Hall–Kier alpha value is -2.16. The van der Waals surface area contributed by atoms with E-state index in [9.17, 15) is 9.59 Å². The molecule has 0 unspecified atom stereocenters. The van der Waals surface area contributed by atoms with Gasteiger partial charge in [-0.2, -0.15) is 0 Å². The van der Waals surface area contributed by atoms with Gasteiger partial charge in [-0.15, -0.1) is 0 Å². The quantitative estimate of drug-likeness (QED) is 0.613. The molecule has 0 amide bonds. The molecule has 1 aliphatic rings. The lowest BCUT2D eigenvalue weighted by Crippen LogP contribution is -2.14. The molecular weight excluding hydrogens is 238 g/mol. The number of nitrogens with zero attached hydrogens (tertiary/aromatic N) is 1. The summed E-state index contributed by atoms with van der Waals surface area (Å²) in [7, 11) is 0. The number of allylic oxidation sites excluding steroid dienone is 3. The van der Waals surface area contributed by atoms with Gasteiger partial charge in [0.05, 0.1) is 5.57 Å². The van der Waals surface area contributed by atoms with E-state index in [4.69, 9.17) is 0 Å². The van der Waals surface area contributed by atoms with Crippen molar-refractivity contribution in [3.05, 3.63) is 59.3 Å². The maximum absolute atomic E-state index is 12.1. The van der Waals surface area contributed by atoms with Crippen molar-refractivity contribution in [1.82, 2.24) is 4.90 Å². The van der Waals surface area contributed by atoms with Crippen molar-refractivity contribution >= 4 is 11.6 Å². The number of hydrogen-bond donors (Lipinski definition) is 0. The van der Waals surface area contributed by atoms with E-state index in [-0.39, 0.29) is 17.1 Å². The Morgan fingerprint density at radius 2 is 1.53 bits per heavy atom. The maximum Gasteiger partial charge on any atom is 0.197 e. The molecule has 0 aromatic heterocycles. The van der Waals surface area contributed by atoms with E-state index in [1.165, 1.54) is 0 Å². The second-order valence-corrected chi connectivity index (χ2v) is 4.35. The van der Waals surface area contributed by atoms with Gasteiger partial charge in [0.2, 0.25) is 0 Å². The van der Waals surface area contributed by atoms with Crippen LogP contribution in [-0.2, 0) is 0 Å². The van der Waals surface area contributed by atoms with Crippen LogP contribution in [0.4, 0.5) is 0 Å². The molecule has 0 spiro atoms. The van der Waals surface area contributed by atoms with Gasteiger partial charge in [-0.1, -0.05) is 24.3 Å². The summed E-state index contributed by atoms with van der Waals surface area (Å²) >= 11 is 0. The van der Waals surface area contributed by atoms with Crippen LogP contribution in [0.15, 0.2) is 48.2 Å². The average molecular weight is 255 g/mol. The fourth-order valence-corrected chi connectivity index (χ4v) is 2.12. The Labute approximate surface area is 113 Å². The summed E-state index contributed by atoms with van der Waals surface area (Å²) in [5.74, 6) is -0.352. The molecule has 0 saturated heterocycles. The molecule has 0 atom stereocenters. The number of hydrogen-bond acceptors (Lipinski definition) is 3. The van der Waals surface area contributed by atoms with Crippen LogP contribution >= 0.6 is 0 Å². The predicted molar refractivity (Wildman–Crippen MR) is 75.2 cm³/mol. The lowest BCUT2D eigenvalue weighted by Gasteiger charge is -2.13. The van der Waals surface area contributed by atoms with Crippen molar-refractivity contribution in [1.29, 1.82) is 0 Å². The van der Waals surface area contributed by atoms with Gasteiger partial charge in [0.1, 0.15) is 0 Å². The van der Waals surface area contributed by atoms with Crippen molar-refractivity contribution < 1.29 is 9.59 Å². The van der Waals surface area contributed by atoms with E-state index in [1.54, 1.807) is 36.4 Å². The van der Waals surface area contributed by atoms with Crippen LogP contribution in [0.2, 0.25) is 0 Å². The highest BCUT2D eigenvalue weighted by Crippen LogP contribution is 2.25. The second-order valence-electron chi connectivity index (χ2n) is 4.35. The summed E-state index contributed by atoms with van der Waals surface area (Å²) in [5, 5.41) is 0. The van der Waals surface area contributed by atoms with Gasteiger partial charge in [-0.25, -0.2) is 0 Å². The Balaban J connectivity index is 2.25. The van der Waals surface area contributed by atoms with E-state index in [0.717, 1.165) is 13.1 Å². The Kier molecular flexibility index (Phi) is 3.95. The maximum atomic E-state index is 12.1. The van der Waals surface area contributed by atoms with Gasteiger partial charge < -0.3 is 4.90 Å². The van der Waals surface area contributed by atoms with Gasteiger partial charge in [0.15, 0.2) is 11.6 Å². The van der Waals surface area contributed by atoms with Gasteiger partial charge >= 0.3 is 0 Å². The van der Waals surface area contributed by atoms with E-state index in [1.807, 2.05) is 6.20 Å². The summed E-state index contributed by atoms with van der Waals surface area (Å²) in [6.45, 7) is 5.92. The first-order valence-corrected chi connectivity index (χ1v) is 6.50. The molecule has 0 saturated carbocycles. The third-order valence-electron chi connectivity index (χ3n) is 3.28. The summed E-state index contributed by atoms with van der Waals surface area (Å²) in [6, 6.07) is 6.95. The molecule has 2 rings (SSSR count). The molecule has 98 valence electrons.